The number of fused-ring (bicyclic) bond motifs is 3. The van der Waals surface area contributed by atoms with Gasteiger partial charge in [0.1, 0.15) is 21.8 Å². The van der Waals surface area contributed by atoms with Crippen molar-refractivity contribution in [3.8, 4) is 11.6 Å². The minimum Gasteiger partial charge on any atom is -0.490 e. The third-order valence-electron chi connectivity index (χ3n) is 11.7. The maximum Gasteiger partial charge on any atom is 0.330 e. The van der Waals surface area contributed by atoms with Crippen molar-refractivity contribution in [3.63, 3.8) is 0 Å². The largest absolute Gasteiger partial charge is 0.490 e. The van der Waals surface area contributed by atoms with Crippen LogP contribution in [0.5, 0.6) is 11.6 Å². The number of anilines is 1. The molecule has 3 aromatic rings. The lowest BCUT2D eigenvalue weighted by molar-refractivity contribution is 0.0178. The number of aryl methyl sites for hydroxylation is 1. The minimum atomic E-state index is -3.55. The van der Waals surface area contributed by atoms with Crippen LogP contribution in [-0.4, -0.2) is 84.4 Å². The molecule has 7 rings (SSSR count). The molecule has 1 spiro atoms. The van der Waals surface area contributed by atoms with Gasteiger partial charge in [0.15, 0.2) is 0 Å². The molecule has 6 atom stereocenters. The summed E-state index contributed by atoms with van der Waals surface area (Å²) in [5, 5.41) is 0.731. The Balaban J connectivity index is 1.09. The van der Waals surface area contributed by atoms with Gasteiger partial charge in [-0.15, -0.1) is 4.36 Å². The number of rotatable bonds is 11. The van der Waals surface area contributed by atoms with Crippen LogP contribution >= 0.6 is 11.6 Å². The molecule has 11 nitrogen and oxygen atoms in total. The van der Waals surface area contributed by atoms with Crippen molar-refractivity contribution in [1.29, 1.82) is 0 Å². The minimum absolute atomic E-state index is 0.00605. The number of urea groups is 1. The molecule has 4 aliphatic rings. The van der Waals surface area contributed by atoms with Crippen molar-refractivity contribution in [1.82, 2.24) is 14.6 Å². The van der Waals surface area contributed by atoms with Gasteiger partial charge in [0, 0.05) is 49.0 Å². The quantitative estimate of drug-likeness (QED) is 0.199. The van der Waals surface area contributed by atoms with E-state index >= 15 is 0 Å². The number of nitrogens with zero attached hydrogens (tertiary/aromatic N) is 4. The van der Waals surface area contributed by atoms with E-state index in [9.17, 15) is 13.8 Å². The Morgan fingerprint density at radius 1 is 1.18 bits per heavy atom. The van der Waals surface area contributed by atoms with Crippen LogP contribution in [0.15, 0.2) is 77.3 Å². The SMILES string of the molecule is CO[C@@H](/C=C/C[C@H](C)CS(=O)(=NC(=O)c1ccc2c(c1)N(C)C[C@@]1(CCCc3cc(Cl)ccc31)CO2)NC(=O)N1CC(Oc2ccccn2)C1)[C@@H]1CC[C@H]1C. The Kier molecular flexibility index (Phi) is 11.8. The first kappa shape index (κ1) is 39.1. The van der Waals surface area contributed by atoms with Gasteiger partial charge in [0.05, 0.1) is 37.2 Å². The molecule has 2 fully saturated rings. The second-order valence-corrected chi connectivity index (χ2v) is 18.3. The summed E-state index contributed by atoms with van der Waals surface area (Å²) in [6.45, 7) is 5.96. The number of allylic oxidation sites excluding steroid dienone is 1. The van der Waals surface area contributed by atoms with Gasteiger partial charge in [-0.3, -0.25) is 9.52 Å². The van der Waals surface area contributed by atoms with Crippen molar-refractivity contribution in [2.24, 2.45) is 22.1 Å². The molecule has 294 valence electrons. The fourth-order valence-corrected chi connectivity index (χ4v) is 10.5. The van der Waals surface area contributed by atoms with Gasteiger partial charge in [0.2, 0.25) is 5.88 Å². The number of methoxy groups -OCH3 is 1. The average Bonchev–Trinajstić information content (AvgIpc) is 3.27. The number of likely N-dealkylation sites (tertiary alicyclic amines) is 1. The highest BCUT2D eigenvalue weighted by Crippen LogP contribution is 2.44. The second kappa shape index (κ2) is 16.5. The van der Waals surface area contributed by atoms with Crippen molar-refractivity contribution < 1.29 is 28.0 Å². The molecule has 2 aromatic carbocycles. The van der Waals surface area contributed by atoms with Gasteiger partial charge in [-0.25, -0.2) is 14.0 Å². The molecule has 2 aliphatic carbocycles. The lowest BCUT2D eigenvalue weighted by Crippen LogP contribution is -2.59. The Bertz CT molecular complexity index is 2030. The van der Waals surface area contributed by atoms with E-state index in [-0.39, 0.29) is 34.9 Å². The van der Waals surface area contributed by atoms with Crippen LogP contribution in [0.4, 0.5) is 10.5 Å². The van der Waals surface area contributed by atoms with Crippen LogP contribution in [0.3, 0.4) is 0 Å². The summed E-state index contributed by atoms with van der Waals surface area (Å²) in [5.74, 6) is 1.41. The highest BCUT2D eigenvalue weighted by atomic mass is 35.5. The van der Waals surface area contributed by atoms with E-state index in [2.05, 4.69) is 50.2 Å². The maximum absolute atomic E-state index is 14.6. The number of aromatic nitrogens is 1. The Labute approximate surface area is 330 Å². The van der Waals surface area contributed by atoms with Gasteiger partial charge in [-0.05, 0) is 104 Å². The molecule has 1 aromatic heterocycles. The van der Waals surface area contributed by atoms with E-state index < -0.39 is 21.9 Å². The Hall–Kier alpha value is -4.13. The summed E-state index contributed by atoms with van der Waals surface area (Å²) < 4.78 is 39.7. The molecular weight excluding hydrogens is 738 g/mol. The van der Waals surface area contributed by atoms with Crippen molar-refractivity contribution in [2.45, 2.75) is 70.0 Å². The molecule has 0 radical (unpaired) electrons. The van der Waals surface area contributed by atoms with Gasteiger partial charge in [0.25, 0.3) is 5.91 Å². The second-order valence-electron chi connectivity index (χ2n) is 15.9. The Morgan fingerprint density at radius 3 is 2.75 bits per heavy atom. The van der Waals surface area contributed by atoms with E-state index in [1.807, 2.05) is 26.1 Å². The van der Waals surface area contributed by atoms with Crippen LogP contribution < -0.4 is 19.1 Å². The summed E-state index contributed by atoms with van der Waals surface area (Å²) >= 11 is 6.36. The number of pyridine rings is 1. The fourth-order valence-electron chi connectivity index (χ4n) is 8.45. The lowest BCUT2D eigenvalue weighted by atomic mass is 9.70. The summed E-state index contributed by atoms with van der Waals surface area (Å²) in [5.41, 5.74) is 3.28. The first-order valence-corrected chi connectivity index (χ1v) is 21.4. The number of nitrogens with one attached hydrogen (secondary N) is 1. The maximum atomic E-state index is 14.6. The third-order valence-corrected chi connectivity index (χ3v) is 13.9. The molecule has 13 heteroatoms. The number of benzene rings is 2. The standard InChI is InChI=1S/C42H52ClN5O6S/c1-28(9-7-11-37(52-4)34-16-13-29(34)2)25-55(51,46-41(50)48-23-33(24-48)54-39-12-5-6-20-44-39)45-40(49)31-14-18-38-36(22-31)47(3)26-42(27-53-38)19-8-10-30-21-32(43)15-17-35(30)42/h5-7,11-12,14-15,17-18,20-22,28-29,33-34,37H,8-10,13,16,19,23-27H2,1-4H3,(H,45,46,49,50,51)/b11-7+/t28-,29+,34+,37-,42-,55?/m0/s1. The number of hydrogen-bond acceptors (Lipinski definition) is 8. The summed E-state index contributed by atoms with van der Waals surface area (Å²) in [7, 11) is 0.183. The number of carbonyl (C=O) groups excluding carboxylic acids is 2. The first-order valence-electron chi connectivity index (χ1n) is 19.3. The van der Waals surface area contributed by atoms with Crippen molar-refractivity contribution in [2.75, 3.05) is 51.1 Å². The fraction of sp³-hybridized carbons (Fsp3) is 0.500. The van der Waals surface area contributed by atoms with Gasteiger partial charge in [-0.2, -0.15) is 0 Å². The number of ether oxygens (including phenoxy) is 3. The third kappa shape index (κ3) is 8.81. The van der Waals surface area contributed by atoms with E-state index in [4.69, 9.17) is 25.8 Å². The molecule has 55 heavy (non-hydrogen) atoms. The van der Waals surface area contributed by atoms with Crippen molar-refractivity contribution >= 4 is 39.1 Å². The highest BCUT2D eigenvalue weighted by Gasteiger charge is 2.41. The smallest absolute Gasteiger partial charge is 0.330 e. The number of halogens is 1. The van der Waals surface area contributed by atoms with Gasteiger partial charge < -0.3 is 24.0 Å². The van der Waals surface area contributed by atoms with Crippen LogP contribution in [0.1, 0.15) is 67.4 Å². The molecular formula is C42H52ClN5O6S. The van der Waals surface area contributed by atoms with Crippen LogP contribution in [0, 0.1) is 17.8 Å². The summed E-state index contributed by atoms with van der Waals surface area (Å²) in [4.78, 5) is 35.3. The van der Waals surface area contributed by atoms with Crippen molar-refractivity contribution in [3.05, 3.63) is 94.7 Å². The predicted octanol–water partition coefficient (Wildman–Crippen LogP) is 7.48. The zero-order valence-electron chi connectivity index (χ0n) is 32.1. The average molecular weight is 790 g/mol. The topological polar surface area (TPSA) is 123 Å². The zero-order chi connectivity index (χ0) is 38.7. The van der Waals surface area contributed by atoms with E-state index in [1.165, 1.54) is 22.4 Å². The number of carbonyl (C=O) groups is 2. The lowest BCUT2D eigenvalue weighted by Gasteiger charge is -2.39. The molecule has 1 unspecified atom stereocenters. The molecule has 3 amide bonds. The van der Waals surface area contributed by atoms with E-state index in [0.717, 1.165) is 36.4 Å². The molecule has 3 heterocycles. The number of hydrogen-bond donors (Lipinski definition) is 1. The highest BCUT2D eigenvalue weighted by molar-refractivity contribution is 7.92. The molecule has 2 aliphatic heterocycles. The van der Waals surface area contributed by atoms with E-state index in [0.29, 0.717) is 56.1 Å². The molecule has 1 saturated heterocycles. The zero-order valence-corrected chi connectivity index (χ0v) is 33.7. The van der Waals surface area contributed by atoms with E-state index in [1.54, 1.807) is 43.6 Å². The Morgan fingerprint density at radius 2 is 2.02 bits per heavy atom. The van der Waals surface area contributed by atoms with Gasteiger partial charge >= 0.3 is 6.03 Å². The summed E-state index contributed by atoms with van der Waals surface area (Å²) in [6.07, 6.45) is 11.5. The monoisotopic (exact) mass is 789 g/mol. The van der Waals surface area contributed by atoms with Crippen LogP contribution in [-0.2, 0) is 26.5 Å². The van der Waals surface area contributed by atoms with Crippen LogP contribution in [0.25, 0.3) is 0 Å². The molecule has 1 saturated carbocycles. The predicted molar refractivity (Wildman–Crippen MR) is 215 cm³/mol. The molecule has 0 bridgehead atoms. The number of amides is 3. The number of likely N-dealkylation sites (N-methyl/N-ethyl adjacent to an activating group) is 1. The summed E-state index contributed by atoms with van der Waals surface area (Å²) in [6, 6.07) is 16.1. The normalized spacial score (nSPS) is 24.2. The molecule has 1 N–H and O–H groups in total. The van der Waals surface area contributed by atoms with Crippen LogP contribution in [0.2, 0.25) is 5.02 Å². The first-order chi connectivity index (χ1) is 26.4. The van der Waals surface area contributed by atoms with Gasteiger partial charge in [-0.1, -0.05) is 49.7 Å².